The number of nitrogens with zero attached hydrogens (tertiary/aromatic N) is 1. The minimum atomic E-state index is -0.209. The normalized spacial score (nSPS) is 12.2. The van der Waals surface area contributed by atoms with Gasteiger partial charge in [0.1, 0.15) is 10.8 Å². The van der Waals surface area contributed by atoms with E-state index in [1.807, 2.05) is 49.4 Å². The van der Waals surface area contributed by atoms with Crippen LogP contribution in [-0.4, -0.2) is 23.9 Å². The second kappa shape index (κ2) is 9.32. The van der Waals surface area contributed by atoms with Crippen LogP contribution in [0.3, 0.4) is 0 Å². The topological polar surface area (TPSA) is 80.3 Å². The maximum Gasteiger partial charge on any atom is 0.256 e. The number of fused-ring (bicyclic) bond motifs is 2. The molecule has 0 saturated carbocycles. The van der Waals surface area contributed by atoms with Crippen LogP contribution in [0.2, 0.25) is 0 Å². The number of rotatable bonds is 5. The van der Waals surface area contributed by atoms with Crippen LogP contribution < -0.4 is 15.4 Å². The molecule has 1 aromatic heterocycles. The van der Waals surface area contributed by atoms with E-state index in [1.165, 1.54) is 23.1 Å². The number of nitrogens with one attached hydrogen (secondary N) is 2. The third kappa shape index (κ3) is 4.42. The molecule has 8 heteroatoms. The molecule has 2 amide bonds. The van der Waals surface area contributed by atoms with Crippen LogP contribution in [0.15, 0.2) is 76.7 Å². The van der Waals surface area contributed by atoms with Gasteiger partial charge in [0.05, 0.1) is 24.9 Å². The molecule has 34 heavy (non-hydrogen) atoms. The van der Waals surface area contributed by atoms with Crippen molar-refractivity contribution in [2.75, 3.05) is 12.4 Å². The Morgan fingerprint density at radius 2 is 1.94 bits per heavy atom. The number of amides is 2. The van der Waals surface area contributed by atoms with Crippen molar-refractivity contribution in [1.82, 2.24) is 10.3 Å². The Morgan fingerprint density at radius 1 is 1.09 bits per heavy atom. The maximum atomic E-state index is 12.8. The number of thiazole rings is 1. The van der Waals surface area contributed by atoms with E-state index < -0.39 is 0 Å². The van der Waals surface area contributed by atoms with Gasteiger partial charge in [-0.2, -0.15) is 0 Å². The molecular weight excluding hydrogens is 466 g/mol. The molecule has 1 aliphatic rings. The molecule has 6 nitrogen and oxygen atoms in total. The van der Waals surface area contributed by atoms with Gasteiger partial charge < -0.3 is 15.4 Å². The number of methoxy groups -OCH3 is 1. The van der Waals surface area contributed by atoms with Gasteiger partial charge in [-0.1, -0.05) is 23.9 Å². The monoisotopic (exact) mass is 487 g/mol. The zero-order valence-corrected chi connectivity index (χ0v) is 20.2. The van der Waals surface area contributed by atoms with Crippen LogP contribution in [0.1, 0.15) is 31.2 Å². The molecule has 2 heterocycles. The molecule has 3 aromatic carbocycles. The van der Waals surface area contributed by atoms with Crippen LogP contribution in [-0.2, 0) is 6.54 Å². The lowest BCUT2D eigenvalue weighted by molar-refractivity contribution is 0.0949. The SMILES string of the molecule is COc1ccc(-c2ncc(CNC(=O)c3ccc4c(c3)NC(=O)c3ccccc3S4)s2)cc1C. The van der Waals surface area contributed by atoms with Crippen molar-refractivity contribution < 1.29 is 14.3 Å². The summed E-state index contributed by atoms with van der Waals surface area (Å²) in [5.74, 6) is 0.455. The van der Waals surface area contributed by atoms with Gasteiger partial charge in [-0.25, -0.2) is 4.98 Å². The summed E-state index contributed by atoms with van der Waals surface area (Å²) in [6, 6.07) is 18.8. The van der Waals surface area contributed by atoms with Crippen molar-refractivity contribution in [3.05, 3.63) is 88.4 Å². The predicted octanol–water partition coefficient (Wildman–Crippen LogP) is 5.77. The molecule has 0 spiro atoms. The highest BCUT2D eigenvalue weighted by molar-refractivity contribution is 7.99. The Balaban J connectivity index is 1.28. The highest BCUT2D eigenvalue weighted by atomic mass is 32.2. The quantitative estimate of drug-likeness (QED) is 0.373. The van der Waals surface area contributed by atoms with Crippen molar-refractivity contribution in [1.29, 1.82) is 0 Å². The molecule has 0 atom stereocenters. The summed E-state index contributed by atoms with van der Waals surface area (Å²) in [4.78, 5) is 32.7. The van der Waals surface area contributed by atoms with E-state index in [0.29, 0.717) is 23.4 Å². The van der Waals surface area contributed by atoms with Crippen molar-refractivity contribution in [2.45, 2.75) is 23.3 Å². The molecule has 5 rings (SSSR count). The average Bonchev–Trinajstić information content (AvgIpc) is 3.27. The number of hydrogen-bond acceptors (Lipinski definition) is 6. The lowest BCUT2D eigenvalue weighted by Gasteiger charge is -2.09. The first-order valence-corrected chi connectivity index (χ1v) is 12.3. The smallest absolute Gasteiger partial charge is 0.256 e. The maximum absolute atomic E-state index is 12.8. The van der Waals surface area contributed by atoms with Gasteiger partial charge in [-0.15, -0.1) is 11.3 Å². The molecule has 0 radical (unpaired) electrons. The predicted molar refractivity (Wildman–Crippen MR) is 135 cm³/mol. The number of aryl methyl sites for hydroxylation is 1. The summed E-state index contributed by atoms with van der Waals surface area (Å²) in [6.07, 6.45) is 1.78. The summed E-state index contributed by atoms with van der Waals surface area (Å²) in [5.41, 5.74) is 3.81. The number of ether oxygens (including phenoxy) is 1. The Hall–Kier alpha value is -3.62. The number of hydrogen-bond donors (Lipinski definition) is 2. The van der Waals surface area contributed by atoms with Gasteiger partial charge in [0.25, 0.3) is 11.8 Å². The molecule has 0 bridgehead atoms. The standard InChI is InChI=1S/C26H21N3O3S2/c1-15-11-17(7-9-21(15)32-2)26-28-14-18(33-26)13-27-24(30)16-8-10-23-20(12-16)29-25(31)19-5-3-4-6-22(19)34-23/h3-12,14H,13H2,1-2H3,(H,27,30)(H,29,31). The minimum Gasteiger partial charge on any atom is -0.496 e. The van der Waals surface area contributed by atoms with Gasteiger partial charge in [0.15, 0.2) is 0 Å². The van der Waals surface area contributed by atoms with Crippen LogP contribution >= 0.6 is 23.1 Å². The van der Waals surface area contributed by atoms with E-state index in [2.05, 4.69) is 15.6 Å². The van der Waals surface area contributed by atoms with E-state index in [1.54, 1.807) is 31.5 Å². The summed E-state index contributed by atoms with van der Waals surface area (Å²) in [5, 5.41) is 6.77. The van der Waals surface area contributed by atoms with Crippen molar-refractivity contribution >= 4 is 40.6 Å². The first-order valence-electron chi connectivity index (χ1n) is 10.6. The minimum absolute atomic E-state index is 0.176. The van der Waals surface area contributed by atoms with Gasteiger partial charge in [-0.05, 0) is 61.0 Å². The van der Waals surface area contributed by atoms with E-state index in [9.17, 15) is 9.59 Å². The number of aromatic nitrogens is 1. The Morgan fingerprint density at radius 3 is 2.76 bits per heavy atom. The lowest BCUT2D eigenvalue weighted by Crippen LogP contribution is -2.22. The molecule has 170 valence electrons. The zero-order valence-electron chi connectivity index (χ0n) is 18.5. The largest absolute Gasteiger partial charge is 0.496 e. The van der Waals surface area contributed by atoms with E-state index in [-0.39, 0.29) is 11.8 Å². The Labute approximate surface area is 205 Å². The third-order valence-electron chi connectivity index (χ3n) is 5.46. The first kappa shape index (κ1) is 22.2. The van der Waals surface area contributed by atoms with Gasteiger partial charge >= 0.3 is 0 Å². The number of carbonyl (C=O) groups is 2. The highest BCUT2D eigenvalue weighted by Crippen LogP contribution is 2.39. The van der Waals surface area contributed by atoms with Crippen molar-refractivity contribution in [2.24, 2.45) is 0 Å². The first-order chi connectivity index (χ1) is 16.5. The second-order valence-corrected chi connectivity index (χ2v) is 9.96. The fraction of sp³-hybridized carbons (Fsp3) is 0.115. The van der Waals surface area contributed by atoms with Gasteiger partial charge in [0, 0.05) is 32.0 Å². The molecule has 0 unspecified atom stereocenters. The molecule has 1 aliphatic heterocycles. The number of carbonyl (C=O) groups excluding carboxylic acids is 2. The van der Waals surface area contributed by atoms with E-state index in [0.717, 1.165) is 36.6 Å². The lowest BCUT2D eigenvalue weighted by atomic mass is 10.1. The van der Waals surface area contributed by atoms with Gasteiger partial charge in [0.2, 0.25) is 0 Å². The third-order valence-corrected chi connectivity index (χ3v) is 7.66. The summed E-state index contributed by atoms with van der Waals surface area (Å²) in [7, 11) is 1.65. The van der Waals surface area contributed by atoms with Crippen LogP contribution in [0.4, 0.5) is 5.69 Å². The summed E-state index contributed by atoms with van der Waals surface area (Å²) in [6.45, 7) is 2.37. The van der Waals surface area contributed by atoms with Crippen molar-refractivity contribution in [3.63, 3.8) is 0 Å². The second-order valence-electron chi connectivity index (χ2n) is 7.76. The molecule has 2 N–H and O–H groups in total. The Kier molecular flexibility index (Phi) is 6.08. The van der Waals surface area contributed by atoms with Crippen LogP contribution in [0.5, 0.6) is 5.75 Å². The van der Waals surface area contributed by atoms with Crippen LogP contribution in [0, 0.1) is 6.92 Å². The molecule has 0 aliphatic carbocycles. The fourth-order valence-electron chi connectivity index (χ4n) is 3.71. The number of anilines is 1. The zero-order chi connectivity index (χ0) is 23.7. The van der Waals surface area contributed by atoms with Crippen molar-refractivity contribution in [3.8, 4) is 16.3 Å². The van der Waals surface area contributed by atoms with E-state index in [4.69, 9.17) is 4.74 Å². The highest BCUT2D eigenvalue weighted by Gasteiger charge is 2.20. The Bertz CT molecular complexity index is 1410. The molecule has 0 fully saturated rings. The fourth-order valence-corrected chi connectivity index (χ4v) is 5.57. The molecule has 4 aromatic rings. The van der Waals surface area contributed by atoms with Crippen LogP contribution in [0.25, 0.3) is 10.6 Å². The van der Waals surface area contributed by atoms with Gasteiger partial charge in [-0.3, -0.25) is 9.59 Å². The van der Waals surface area contributed by atoms with E-state index >= 15 is 0 Å². The summed E-state index contributed by atoms with van der Waals surface area (Å²) < 4.78 is 5.32. The molecular formula is C26H21N3O3S2. The summed E-state index contributed by atoms with van der Waals surface area (Å²) >= 11 is 3.05. The molecule has 0 saturated heterocycles. The number of benzene rings is 3. The average molecular weight is 488 g/mol.